The Morgan fingerprint density at radius 1 is 1.23 bits per heavy atom. The topological polar surface area (TPSA) is 52.6 Å². The van der Waals surface area contributed by atoms with Crippen molar-refractivity contribution in [3.05, 3.63) is 63.4 Å². The fraction of sp³-hybridized carbons (Fsp3) is 0.435. The SMILES string of the molecule is O=C1Nc2cc(Cl)ccc2[C@@]12[C@@H](c1cccc(Cl)c1F)C[C@H](CO)N2CCC1CC1. The van der Waals surface area contributed by atoms with Gasteiger partial charge in [0.1, 0.15) is 11.4 Å². The highest BCUT2D eigenvalue weighted by Gasteiger charge is 2.63. The van der Waals surface area contributed by atoms with Crippen molar-refractivity contribution in [1.29, 1.82) is 0 Å². The van der Waals surface area contributed by atoms with Crippen LogP contribution in [0.4, 0.5) is 10.1 Å². The van der Waals surface area contributed by atoms with Gasteiger partial charge in [-0.3, -0.25) is 9.69 Å². The second-order valence-corrected chi connectivity index (χ2v) is 9.45. The minimum atomic E-state index is -1.10. The maximum Gasteiger partial charge on any atom is 0.250 e. The van der Waals surface area contributed by atoms with Gasteiger partial charge in [-0.15, -0.1) is 0 Å². The zero-order valence-corrected chi connectivity index (χ0v) is 17.9. The average Bonchev–Trinajstić information content (AvgIpc) is 3.43. The first-order valence-corrected chi connectivity index (χ1v) is 11.2. The molecule has 2 aromatic rings. The first kappa shape index (κ1) is 20.3. The first-order valence-electron chi connectivity index (χ1n) is 10.4. The van der Waals surface area contributed by atoms with Crippen LogP contribution < -0.4 is 5.32 Å². The Balaban J connectivity index is 1.70. The normalized spacial score (nSPS) is 28.2. The molecule has 1 aliphatic carbocycles. The zero-order chi connectivity index (χ0) is 21.0. The number of halogens is 3. The molecule has 3 atom stereocenters. The molecule has 158 valence electrons. The van der Waals surface area contributed by atoms with E-state index < -0.39 is 17.3 Å². The Kier molecular flexibility index (Phi) is 5.05. The molecule has 7 heteroatoms. The number of hydrogen-bond acceptors (Lipinski definition) is 3. The molecule has 0 bridgehead atoms. The van der Waals surface area contributed by atoms with Gasteiger partial charge in [0, 0.05) is 34.8 Å². The van der Waals surface area contributed by atoms with E-state index in [-0.39, 0.29) is 23.6 Å². The van der Waals surface area contributed by atoms with Crippen LogP contribution in [-0.4, -0.2) is 35.1 Å². The van der Waals surface area contributed by atoms with Crippen LogP contribution in [0.5, 0.6) is 0 Å². The number of aliphatic hydroxyl groups excluding tert-OH is 1. The second-order valence-electron chi connectivity index (χ2n) is 8.60. The summed E-state index contributed by atoms with van der Waals surface area (Å²) in [4.78, 5) is 15.7. The van der Waals surface area contributed by atoms with E-state index in [1.165, 1.54) is 18.9 Å². The lowest BCUT2D eigenvalue weighted by Gasteiger charge is -2.39. The van der Waals surface area contributed by atoms with Gasteiger partial charge in [-0.1, -0.05) is 54.2 Å². The highest BCUT2D eigenvalue weighted by molar-refractivity contribution is 6.31. The van der Waals surface area contributed by atoms with Crippen LogP contribution in [0, 0.1) is 11.7 Å². The summed E-state index contributed by atoms with van der Waals surface area (Å²) >= 11 is 12.3. The molecule has 30 heavy (non-hydrogen) atoms. The summed E-state index contributed by atoms with van der Waals surface area (Å²) in [6.07, 6.45) is 3.83. The summed E-state index contributed by atoms with van der Waals surface area (Å²) in [6, 6.07) is 10.0. The average molecular weight is 449 g/mol. The van der Waals surface area contributed by atoms with Gasteiger partial charge in [0.15, 0.2) is 0 Å². The largest absolute Gasteiger partial charge is 0.395 e. The Morgan fingerprint density at radius 3 is 2.77 bits per heavy atom. The molecule has 0 unspecified atom stereocenters. The molecule has 2 heterocycles. The van der Waals surface area contributed by atoms with Crippen LogP contribution in [-0.2, 0) is 10.3 Å². The fourth-order valence-corrected chi connectivity index (χ4v) is 5.74. The quantitative estimate of drug-likeness (QED) is 0.681. The minimum absolute atomic E-state index is 0.0364. The van der Waals surface area contributed by atoms with Gasteiger partial charge < -0.3 is 10.4 Å². The fourth-order valence-electron chi connectivity index (χ4n) is 5.38. The zero-order valence-electron chi connectivity index (χ0n) is 16.4. The molecule has 0 radical (unpaired) electrons. The number of likely N-dealkylation sites (tertiary alicyclic amines) is 1. The summed E-state index contributed by atoms with van der Waals surface area (Å²) in [6.45, 7) is 0.575. The van der Waals surface area contributed by atoms with Crippen molar-refractivity contribution in [2.45, 2.75) is 43.2 Å². The number of aliphatic hydroxyl groups is 1. The summed E-state index contributed by atoms with van der Waals surface area (Å²) in [7, 11) is 0. The van der Waals surface area contributed by atoms with Crippen molar-refractivity contribution in [1.82, 2.24) is 4.90 Å². The van der Waals surface area contributed by atoms with E-state index in [0.29, 0.717) is 35.2 Å². The van der Waals surface area contributed by atoms with Crippen LogP contribution in [0.15, 0.2) is 36.4 Å². The molecule has 1 saturated heterocycles. The van der Waals surface area contributed by atoms with Crippen LogP contribution in [0.3, 0.4) is 0 Å². The van der Waals surface area contributed by atoms with Crippen molar-refractivity contribution >= 4 is 34.8 Å². The van der Waals surface area contributed by atoms with E-state index in [9.17, 15) is 9.90 Å². The lowest BCUT2D eigenvalue weighted by molar-refractivity contribution is -0.128. The number of amides is 1. The molecule has 1 spiro atoms. The summed E-state index contributed by atoms with van der Waals surface area (Å²) in [5.74, 6) is -0.511. The van der Waals surface area contributed by atoms with Gasteiger partial charge in [0.2, 0.25) is 5.91 Å². The minimum Gasteiger partial charge on any atom is -0.395 e. The molecule has 2 fully saturated rings. The lowest BCUT2D eigenvalue weighted by Crippen LogP contribution is -2.53. The Morgan fingerprint density at radius 2 is 2.03 bits per heavy atom. The molecule has 0 aromatic heterocycles. The Labute approximate surface area is 185 Å². The number of benzene rings is 2. The highest BCUT2D eigenvalue weighted by Crippen LogP contribution is 2.57. The van der Waals surface area contributed by atoms with Crippen molar-refractivity contribution in [2.75, 3.05) is 18.5 Å². The molecule has 2 aromatic carbocycles. The predicted octanol–water partition coefficient (Wildman–Crippen LogP) is 4.93. The van der Waals surface area contributed by atoms with E-state index in [2.05, 4.69) is 10.2 Å². The van der Waals surface area contributed by atoms with E-state index in [1.54, 1.807) is 24.3 Å². The number of carbonyl (C=O) groups is 1. The summed E-state index contributed by atoms with van der Waals surface area (Å²) in [5, 5.41) is 13.8. The Hall–Kier alpha value is -1.66. The number of hydrogen-bond donors (Lipinski definition) is 2. The van der Waals surface area contributed by atoms with E-state index in [4.69, 9.17) is 23.2 Å². The molecule has 4 nitrogen and oxygen atoms in total. The maximum atomic E-state index is 15.2. The number of nitrogens with one attached hydrogen (secondary N) is 1. The number of anilines is 1. The third-order valence-electron chi connectivity index (χ3n) is 6.94. The summed E-state index contributed by atoms with van der Waals surface area (Å²) < 4.78 is 15.2. The van der Waals surface area contributed by atoms with E-state index in [0.717, 1.165) is 12.0 Å². The number of fused-ring (bicyclic) bond motifs is 2. The molecule has 2 N–H and O–H groups in total. The van der Waals surface area contributed by atoms with Gasteiger partial charge in [0.25, 0.3) is 0 Å². The van der Waals surface area contributed by atoms with Crippen LogP contribution >= 0.6 is 23.2 Å². The Bertz CT molecular complexity index is 1010. The molecule has 1 saturated carbocycles. The standard InChI is InChI=1S/C23H23Cl2FN2O2/c24-14-6-7-17-20(10-14)27-22(30)23(17)18(16-2-1-3-19(25)21(16)26)11-15(12-29)28(23)9-8-13-4-5-13/h1-3,6-7,10,13,15,18,29H,4-5,8-9,11-12H2,(H,27,30)/t15-,18-,23-/m1/s1. The smallest absolute Gasteiger partial charge is 0.250 e. The van der Waals surface area contributed by atoms with E-state index >= 15 is 4.39 Å². The molecular weight excluding hydrogens is 426 g/mol. The van der Waals surface area contributed by atoms with Gasteiger partial charge in [-0.05, 0) is 42.5 Å². The third-order valence-corrected chi connectivity index (χ3v) is 7.46. The van der Waals surface area contributed by atoms with Gasteiger partial charge >= 0.3 is 0 Å². The molecular formula is C23H23Cl2FN2O2. The molecule has 3 aliphatic rings. The number of carbonyl (C=O) groups excluding carboxylic acids is 1. The van der Waals surface area contributed by atoms with Gasteiger partial charge in [-0.2, -0.15) is 0 Å². The van der Waals surface area contributed by atoms with Crippen molar-refractivity contribution in [2.24, 2.45) is 5.92 Å². The molecule has 5 rings (SSSR count). The number of nitrogens with zero attached hydrogens (tertiary/aromatic N) is 1. The molecule has 2 aliphatic heterocycles. The van der Waals surface area contributed by atoms with Crippen LogP contribution in [0.2, 0.25) is 10.0 Å². The number of rotatable bonds is 5. The van der Waals surface area contributed by atoms with Gasteiger partial charge in [-0.25, -0.2) is 4.39 Å². The highest BCUT2D eigenvalue weighted by atomic mass is 35.5. The predicted molar refractivity (Wildman–Crippen MR) is 115 cm³/mol. The second kappa shape index (κ2) is 7.49. The maximum absolute atomic E-state index is 15.2. The first-order chi connectivity index (χ1) is 14.5. The summed E-state index contributed by atoms with van der Waals surface area (Å²) in [5.41, 5.74) is 0.740. The monoisotopic (exact) mass is 448 g/mol. The van der Waals surface area contributed by atoms with Crippen molar-refractivity contribution < 1.29 is 14.3 Å². The van der Waals surface area contributed by atoms with Crippen LogP contribution in [0.1, 0.15) is 42.7 Å². The lowest BCUT2D eigenvalue weighted by atomic mass is 9.75. The molecule has 1 amide bonds. The third kappa shape index (κ3) is 2.98. The van der Waals surface area contributed by atoms with E-state index in [1.807, 2.05) is 6.07 Å². The van der Waals surface area contributed by atoms with Gasteiger partial charge in [0.05, 0.1) is 11.6 Å². The van der Waals surface area contributed by atoms with Crippen molar-refractivity contribution in [3.63, 3.8) is 0 Å². The van der Waals surface area contributed by atoms with Crippen LogP contribution in [0.25, 0.3) is 0 Å². The van der Waals surface area contributed by atoms with Crippen molar-refractivity contribution in [3.8, 4) is 0 Å².